The van der Waals surface area contributed by atoms with Gasteiger partial charge in [-0.25, -0.2) is 4.79 Å². The number of carboxylic acids is 1. The number of carboxylic acid groups (broad SMARTS) is 1. The molecule has 0 rings (SSSR count). The predicted molar refractivity (Wildman–Crippen MR) is 44.8 cm³/mol. The van der Waals surface area contributed by atoms with Crippen LogP contribution in [0.2, 0.25) is 0 Å². The van der Waals surface area contributed by atoms with Gasteiger partial charge in [-0.2, -0.15) is 0 Å². The van der Waals surface area contributed by atoms with Crippen LogP contribution in [0.4, 0.5) is 0 Å². The molecule has 0 aliphatic rings. The Morgan fingerprint density at radius 1 is 1.67 bits per heavy atom. The Morgan fingerprint density at radius 2 is 2.42 bits per heavy atom. The molecule has 0 spiro atoms. The molecule has 0 aromatic carbocycles. The maximum absolute atomic E-state index is 9.91. The van der Waals surface area contributed by atoms with Gasteiger partial charge in [-0.05, 0) is 13.0 Å². The third kappa shape index (κ3) is 8.95. The van der Waals surface area contributed by atoms with Gasteiger partial charge in [-0.1, -0.05) is 5.92 Å². The first-order chi connectivity index (χ1) is 5.77. The zero-order valence-electron chi connectivity index (χ0n) is 7.09. The number of aliphatic carboxylic acids is 1. The van der Waals surface area contributed by atoms with E-state index in [4.69, 9.17) is 9.84 Å². The fourth-order valence-corrected chi connectivity index (χ4v) is 0.612. The summed E-state index contributed by atoms with van der Waals surface area (Å²) >= 11 is 0. The topological polar surface area (TPSA) is 58.6 Å². The van der Waals surface area contributed by atoms with Crippen molar-refractivity contribution in [3.05, 3.63) is 0 Å². The molecule has 0 aromatic heterocycles. The molecule has 0 aliphatic carbocycles. The number of methoxy groups -OCH3 is 1. The molecule has 0 saturated carbocycles. The quantitative estimate of drug-likeness (QED) is 0.440. The minimum atomic E-state index is -1.09. The lowest BCUT2D eigenvalue weighted by Gasteiger charge is -1.98. The maximum atomic E-state index is 9.91. The van der Waals surface area contributed by atoms with Crippen molar-refractivity contribution in [3.63, 3.8) is 0 Å². The molecule has 12 heavy (non-hydrogen) atoms. The smallest absolute Gasteiger partial charge is 0.381 e. The molecular weight excluding hydrogens is 158 g/mol. The van der Waals surface area contributed by atoms with Gasteiger partial charge < -0.3 is 15.2 Å². The second kappa shape index (κ2) is 8.05. The Bertz CT molecular complexity index is 180. The van der Waals surface area contributed by atoms with Crippen LogP contribution in [0, 0.1) is 11.8 Å². The Morgan fingerprint density at radius 3 is 3.00 bits per heavy atom. The summed E-state index contributed by atoms with van der Waals surface area (Å²) in [6.45, 7) is 1.91. The minimum absolute atomic E-state index is 0.413. The summed E-state index contributed by atoms with van der Waals surface area (Å²) in [7, 11) is 1.64. The van der Waals surface area contributed by atoms with E-state index in [-0.39, 0.29) is 0 Å². The van der Waals surface area contributed by atoms with E-state index >= 15 is 0 Å². The second-order valence-corrected chi connectivity index (χ2v) is 2.13. The van der Waals surface area contributed by atoms with Gasteiger partial charge in [0.1, 0.15) is 0 Å². The molecule has 4 heteroatoms. The normalized spacial score (nSPS) is 8.75. The summed E-state index contributed by atoms with van der Waals surface area (Å²) in [6.07, 6.45) is 0.908. The van der Waals surface area contributed by atoms with E-state index in [0.29, 0.717) is 13.2 Å². The van der Waals surface area contributed by atoms with Gasteiger partial charge in [0.15, 0.2) is 0 Å². The summed E-state index contributed by atoms with van der Waals surface area (Å²) in [4.78, 5) is 9.91. The first-order valence-electron chi connectivity index (χ1n) is 3.69. The van der Waals surface area contributed by atoms with Crippen LogP contribution < -0.4 is 5.32 Å². The number of hydrogen-bond donors (Lipinski definition) is 2. The summed E-state index contributed by atoms with van der Waals surface area (Å²) in [5, 5.41) is 11.1. The molecule has 0 saturated heterocycles. The SMILES string of the molecule is COCCCNCC#CC(=O)O. The van der Waals surface area contributed by atoms with E-state index in [9.17, 15) is 4.79 Å². The van der Waals surface area contributed by atoms with Crippen molar-refractivity contribution in [3.8, 4) is 11.8 Å². The summed E-state index contributed by atoms with van der Waals surface area (Å²) in [6, 6.07) is 0. The van der Waals surface area contributed by atoms with E-state index in [1.165, 1.54) is 0 Å². The van der Waals surface area contributed by atoms with Gasteiger partial charge in [-0.15, -0.1) is 0 Å². The average Bonchev–Trinajstić information content (AvgIpc) is 2.02. The summed E-state index contributed by atoms with van der Waals surface area (Å²) in [5.74, 6) is 3.38. The Balaban J connectivity index is 3.12. The van der Waals surface area contributed by atoms with Crippen LogP contribution in [0.5, 0.6) is 0 Å². The summed E-state index contributed by atoms with van der Waals surface area (Å²) in [5.41, 5.74) is 0. The van der Waals surface area contributed by atoms with Crippen LogP contribution in [0.1, 0.15) is 6.42 Å². The first kappa shape index (κ1) is 11.0. The molecule has 0 bridgehead atoms. The second-order valence-electron chi connectivity index (χ2n) is 2.13. The van der Waals surface area contributed by atoms with Gasteiger partial charge in [0.05, 0.1) is 6.54 Å². The molecule has 0 atom stereocenters. The molecule has 0 aromatic rings. The number of ether oxygens (including phenoxy) is 1. The lowest BCUT2D eigenvalue weighted by Crippen LogP contribution is -2.16. The third-order valence-corrected chi connectivity index (χ3v) is 1.11. The van der Waals surface area contributed by atoms with E-state index in [1.54, 1.807) is 7.11 Å². The van der Waals surface area contributed by atoms with Crippen molar-refractivity contribution in [1.82, 2.24) is 5.32 Å². The van der Waals surface area contributed by atoms with E-state index in [0.717, 1.165) is 13.0 Å². The lowest BCUT2D eigenvalue weighted by molar-refractivity contribution is -0.130. The van der Waals surface area contributed by atoms with Crippen molar-refractivity contribution >= 4 is 5.97 Å². The monoisotopic (exact) mass is 171 g/mol. The molecule has 0 amide bonds. The van der Waals surface area contributed by atoms with Crippen LogP contribution >= 0.6 is 0 Å². The Labute approximate surface area is 71.9 Å². The van der Waals surface area contributed by atoms with Crippen molar-refractivity contribution < 1.29 is 14.6 Å². The zero-order chi connectivity index (χ0) is 9.23. The highest BCUT2D eigenvalue weighted by atomic mass is 16.5. The van der Waals surface area contributed by atoms with Crippen molar-refractivity contribution in [2.75, 3.05) is 26.8 Å². The highest BCUT2D eigenvalue weighted by Gasteiger charge is 1.85. The van der Waals surface area contributed by atoms with Crippen LogP contribution in [-0.2, 0) is 9.53 Å². The number of rotatable bonds is 5. The van der Waals surface area contributed by atoms with Crippen LogP contribution in [0.15, 0.2) is 0 Å². The molecular formula is C8H13NO3. The molecule has 2 N–H and O–H groups in total. The van der Waals surface area contributed by atoms with Gasteiger partial charge >= 0.3 is 5.97 Å². The largest absolute Gasteiger partial charge is 0.472 e. The molecule has 0 fully saturated rings. The van der Waals surface area contributed by atoms with Crippen molar-refractivity contribution in [2.24, 2.45) is 0 Å². The molecule has 0 unspecified atom stereocenters. The molecule has 0 aliphatic heterocycles. The number of nitrogens with one attached hydrogen (secondary N) is 1. The van der Waals surface area contributed by atoms with Gasteiger partial charge in [0.25, 0.3) is 0 Å². The highest BCUT2D eigenvalue weighted by Crippen LogP contribution is 1.75. The zero-order valence-corrected chi connectivity index (χ0v) is 7.09. The van der Waals surface area contributed by atoms with Gasteiger partial charge in [0.2, 0.25) is 0 Å². The average molecular weight is 171 g/mol. The van der Waals surface area contributed by atoms with Crippen molar-refractivity contribution in [2.45, 2.75) is 6.42 Å². The standard InChI is InChI=1S/C8H13NO3/c1-12-7-3-6-9-5-2-4-8(10)11/h9H,3,5-7H2,1H3,(H,10,11). The summed E-state index contributed by atoms with van der Waals surface area (Å²) < 4.78 is 4.82. The maximum Gasteiger partial charge on any atom is 0.381 e. The fourth-order valence-electron chi connectivity index (χ4n) is 0.612. The van der Waals surface area contributed by atoms with E-state index < -0.39 is 5.97 Å². The molecule has 68 valence electrons. The minimum Gasteiger partial charge on any atom is -0.472 e. The van der Waals surface area contributed by atoms with Crippen LogP contribution in [-0.4, -0.2) is 37.9 Å². The predicted octanol–water partition coefficient (Wildman–Crippen LogP) is -0.299. The Hall–Kier alpha value is -1.05. The fraction of sp³-hybridized carbons (Fsp3) is 0.625. The van der Waals surface area contributed by atoms with Crippen LogP contribution in [0.25, 0.3) is 0 Å². The van der Waals surface area contributed by atoms with E-state index in [2.05, 4.69) is 11.2 Å². The number of carbonyl (C=O) groups is 1. The molecule has 0 heterocycles. The third-order valence-electron chi connectivity index (χ3n) is 1.11. The van der Waals surface area contributed by atoms with Crippen molar-refractivity contribution in [1.29, 1.82) is 0 Å². The first-order valence-corrected chi connectivity index (χ1v) is 3.69. The molecule has 4 nitrogen and oxygen atoms in total. The van der Waals surface area contributed by atoms with Gasteiger partial charge in [0, 0.05) is 19.6 Å². The van der Waals surface area contributed by atoms with Crippen LogP contribution in [0.3, 0.4) is 0 Å². The lowest BCUT2D eigenvalue weighted by atomic mass is 10.4. The Kier molecular flexibility index (Phi) is 7.35. The van der Waals surface area contributed by atoms with E-state index in [1.807, 2.05) is 5.92 Å². The molecule has 0 radical (unpaired) electrons. The van der Waals surface area contributed by atoms with Gasteiger partial charge in [-0.3, -0.25) is 0 Å². The number of hydrogen-bond acceptors (Lipinski definition) is 3. The highest BCUT2D eigenvalue weighted by molar-refractivity contribution is 5.86.